The van der Waals surface area contributed by atoms with Gasteiger partial charge in [-0.2, -0.15) is 0 Å². The van der Waals surface area contributed by atoms with Crippen LogP contribution in [0.3, 0.4) is 0 Å². The van der Waals surface area contributed by atoms with E-state index >= 15 is 0 Å². The average molecular weight is 289 g/mol. The van der Waals surface area contributed by atoms with Crippen LogP contribution in [-0.4, -0.2) is 41.6 Å². The first-order chi connectivity index (χ1) is 10.2. The standard InChI is InChI=1S/C15H23N5O/c1-17-14(21)13-8-11(16)9-20(13)15-18-7-6-12(19-15)10-4-2-3-5-10/h6-7,10-11,13H,2-5,8-9,16H2,1H3,(H,17,21)/t11-,13+/m1/s1. The Morgan fingerprint density at radius 2 is 2.19 bits per heavy atom. The molecule has 114 valence electrons. The minimum Gasteiger partial charge on any atom is -0.357 e. The average Bonchev–Trinajstić information content (AvgIpc) is 3.16. The largest absolute Gasteiger partial charge is 0.357 e. The van der Waals surface area contributed by atoms with Crippen LogP contribution in [0.2, 0.25) is 0 Å². The lowest BCUT2D eigenvalue weighted by Crippen LogP contribution is -2.42. The molecule has 2 fully saturated rings. The van der Waals surface area contributed by atoms with E-state index in [1.807, 2.05) is 11.0 Å². The Morgan fingerprint density at radius 3 is 2.90 bits per heavy atom. The van der Waals surface area contributed by atoms with Crippen LogP contribution in [0, 0.1) is 0 Å². The number of anilines is 1. The molecule has 21 heavy (non-hydrogen) atoms. The van der Waals surface area contributed by atoms with E-state index in [4.69, 9.17) is 10.7 Å². The van der Waals surface area contributed by atoms with Crippen LogP contribution in [-0.2, 0) is 4.79 Å². The van der Waals surface area contributed by atoms with Gasteiger partial charge in [0.05, 0.1) is 0 Å². The van der Waals surface area contributed by atoms with E-state index in [0.29, 0.717) is 24.8 Å². The first-order valence-electron chi connectivity index (χ1n) is 7.76. The topological polar surface area (TPSA) is 84.1 Å². The molecule has 6 nitrogen and oxygen atoms in total. The molecule has 0 bridgehead atoms. The summed E-state index contributed by atoms with van der Waals surface area (Å²) < 4.78 is 0. The zero-order valence-corrected chi connectivity index (χ0v) is 12.5. The molecule has 2 aliphatic rings. The van der Waals surface area contributed by atoms with Gasteiger partial charge in [0.25, 0.3) is 0 Å². The molecule has 0 unspecified atom stereocenters. The second-order valence-electron chi connectivity index (χ2n) is 6.04. The SMILES string of the molecule is CNC(=O)[C@@H]1C[C@@H](N)CN1c1nccc(C2CCCC2)n1. The van der Waals surface area contributed by atoms with Crippen LogP contribution in [0.15, 0.2) is 12.3 Å². The Labute approximate surface area is 125 Å². The van der Waals surface area contributed by atoms with Crippen molar-refractivity contribution in [2.75, 3.05) is 18.5 Å². The summed E-state index contributed by atoms with van der Waals surface area (Å²) in [4.78, 5) is 23.1. The smallest absolute Gasteiger partial charge is 0.242 e. The molecule has 0 aromatic carbocycles. The van der Waals surface area contributed by atoms with Crippen LogP contribution in [0.4, 0.5) is 5.95 Å². The fourth-order valence-corrected chi connectivity index (χ4v) is 3.45. The monoisotopic (exact) mass is 289 g/mol. The summed E-state index contributed by atoms with van der Waals surface area (Å²) in [5, 5.41) is 2.71. The lowest BCUT2D eigenvalue weighted by atomic mass is 10.0. The lowest BCUT2D eigenvalue weighted by Gasteiger charge is -2.23. The maximum Gasteiger partial charge on any atom is 0.242 e. The van der Waals surface area contributed by atoms with Crippen molar-refractivity contribution in [3.63, 3.8) is 0 Å². The number of hydrogen-bond acceptors (Lipinski definition) is 5. The number of hydrogen-bond donors (Lipinski definition) is 2. The predicted molar refractivity (Wildman–Crippen MR) is 81.0 cm³/mol. The van der Waals surface area contributed by atoms with Crippen LogP contribution in [0.25, 0.3) is 0 Å². The van der Waals surface area contributed by atoms with Gasteiger partial charge in [0.1, 0.15) is 6.04 Å². The molecule has 2 heterocycles. The minimum absolute atomic E-state index is 0.00830. The van der Waals surface area contributed by atoms with Gasteiger partial charge in [-0.1, -0.05) is 12.8 Å². The van der Waals surface area contributed by atoms with Gasteiger partial charge in [-0.15, -0.1) is 0 Å². The normalized spacial score (nSPS) is 26.3. The lowest BCUT2D eigenvalue weighted by molar-refractivity contribution is -0.121. The summed E-state index contributed by atoms with van der Waals surface area (Å²) in [5.74, 6) is 1.17. The minimum atomic E-state index is -0.260. The summed E-state index contributed by atoms with van der Waals surface area (Å²) in [7, 11) is 1.65. The molecule has 1 aromatic rings. The van der Waals surface area contributed by atoms with Crippen LogP contribution < -0.4 is 16.0 Å². The molecule has 3 rings (SSSR count). The van der Waals surface area contributed by atoms with Crippen molar-refractivity contribution < 1.29 is 4.79 Å². The van der Waals surface area contributed by atoms with Gasteiger partial charge < -0.3 is 16.0 Å². The molecule has 1 aliphatic heterocycles. The van der Waals surface area contributed by atoms with Gasteiger partial charge in [0.2, 0.25) is 11.9 Å². The van der Waals surface area contributed by atoms with Crippen molar-refractivity contribution in [2.24, 2.45) is 5.73 Å². The maximum absolute atomic E-state index is 12.0. The van der Waals surface area contributed by atoms with Crippen LogP contribution in [0.5, 0.6) is 0 Å². The molecular formula is C15H23N5O. The van der Waals surface area contributed by atoms with E-state index in [2.05, 4.69) is 10.3 Å². The number of carbonyl (C=O) groups excluding carboxylic acids is 1. The van der Waals surface area contributed by atoms with Gasteiger partial charge in [-0.25, -0.2) is 9.97 Å². The third-order valence-corrected chi connectivity index (χ3v) is 4.58. The van der Waals surface area contributed by atoms with E-state index in [-0.39, 0.29) is 18.0 Å². The zero-order valence-electron chi connectivity index (χ0n) is 12.5. The highest BCUT2D eigenvalue weighted by molar-refractivity contribution is 5.85. The number of amides is 1. The molecular weight excluding hydrogens is 266 g/mol. The first-order valence-corrected chi connectivity index (χ1v) is 7.76. The highest BCUT2D eigenvalue weighted by atomic mass is 16.2. The van der Waals surface area contributed by atoms with Crippen molar-refractivity contribution in [2.45, 2.75) is 50.1 Å². The number of carbonyl (C=O) groups is 1. The number of rotatable bonds is 3. The quantitative estimate of drug-likeness (QED) is 0.859. The Balaban J connectivity index is 1.84. The molecule has 1 saturated heterocycles. The molecule has 2 atom stereocenters. The van der Waals surface area contributed by atoms with Crippen LogP contribution >= 0.6 is 0 Å². The molecule has 1 amide bonds. The summed E-state index contributed by atoms with van der Waals surface area (Å²) in [6.07, 6.45) is 7.42. The van der Waals surface area contributed by atoms with Crippen molar-refractivity contribution in [1.29, 1.82) is 0 Å². The van der Waals surface area contributed by atoms with E-state index < -0.39 is 0 Å². The second-order valence-corrected chi connectivity index (χ2v) is 6.04. The van der Waals surface area contributed by atoms with Crippen molar-refractivity contribution >= 4 is 11.9 Å². The summed E-state index contributed by atoms with van der Waals surface area (Å²) >= 11 is 0. The van der Waals surface area contributed by atoms with Gasteiger partial charge in [0, 0.05) is 37.4 Å². The van der Waals surface area contributed by atoms with Gasteiger partial charge in [-0.3, -0.25) is 4.79 Å². The zero-order chi connectivity index (χ0) is 14.8. The molecule has 1 aliphatic carbocycles. The molecule has 3 N–H and O–H groups in total. The second kappa shape index (κ2) is 5.97. The molecule has 6 heteroatoms. The fraction of sp³-hybridized carbons (Fsp3) is 0.667. The van der Waals surface area contributed by atoms with Gasteiger partial charge in [-0.05, 0) is 25.3 Å². The summed E-state index contributed by atoms with van der Waals surface area (Å²) in [6, 6.07) is 1.74. The Kier molecular flexibility index (Phi) is 4.05. The van der Waals surface area contributed by atoms with Crippen molar-refractivity contribution in [1.82, 2.24) is 15.3 Å². The Hall–Kier alpha value is -1.69. The molecule has 1 aromatic heterocycles. The van der Waals surface area contributed by atoms with Crippen molar-refractivity contribution in [3.8, 4) is 0 Å². The Bertz CT molecular complexity index is 515. The highest BCUT2D eigenvalue weighted by Crippen LogP contribution is 2.33. The third-order valence-electron chi connectivity index (χ3n) is 4.58. The summed E-state index contributed by atoms with van der Waals surface area (Å²) in [5.41, 5.74) is 7.13. The number of nitrogens with two attached hydrogens (primary N) is 1. The summed E-state index contributed by atoms with van der Waals surface area (Å²) in [6.45, 7) is 0.631. The maximum atomic E-state index is 12.0. The number of likely N-dealkylation sites (N-methyl/N-ethyl adjacent to an activating group) is 1. The third kappa shape index (κ3) is 2.85. The highest BCUT2D eigenvalue weighted by Gasteiger charge is 2.36. The van der Waals surface area contributed by atoms with Crippen LogP contribution in [0.1, 0.15) is 43.7 Å². The number of nitrogens with zero attached hydrogens (tertiary/aromatic N) is 3. The van der Waals surface area contributed by atoms with Crippen molar-refractivity contribution in [3.05, 3.63) is 18.0 Å². The van der Waals surface area contributed by atoms with E-state index in [1.165, 1.54) is 25.7 Å². The Morgan fingerprint density at radius 1 is 1.43 bits per heavy atom. The van der Waals surface area contributed by atoms with E-state index in [9.17, 15) is 4.79 Å². The predicted octanol–water partition coefficient (Wildman–Crippen LogP) is 0.786. The fourth-order valence-electron chi connectivity index (χ4n) is 3.45. The van der Waals surface area contributed by atoms with E-state index in [0.717, 1.165) is 5.69 Å². The molecule has 0 radical (unpaired) electrons. The van der Waals surface area contributed by atoms with Gasteiger partial charge >= 0.3 is 0 Å². The first kappa shape index (κ1) is 14.3. The van der Waals surface area contributed by atoms with Gasteiger partial charge in [0.15, 0.2) is 0 Å². The number of nitrogens with one attached hydrogen (secondary N) is 1. The number of aromatic nitrogens is 2. The molecule has 1 saturated carbocycles. The van der Waals surface area contributed by atoms with E-state index in [1.54, 1.807) is 13.2 Å². The molecule has 0 spiro atoms.